The van der Waals surface area contributed by atoms with Crippen molar-refractivity contribution in [2.75, 3.05) is 18.0 Å². The Labute approximate surface area is 157 Å². The Hall–Kier alpha value is -2.91. The molecule has 3 N–H and O–H groups in total. The number of nitrogens with two attached hydrogens (primary N) is 1. The van der Waals surface area contributed by atoms with Crippen LogP contribution in [0, 0.1) is 15.5 Å². The number of nitrogens with zero attached hydrogens (tertiary/aromatic N) is 4. The standard InChI is InChI=1S/C17H25N5O5/c1-5-20(11-8-9-21(16(24)25)14(11)17(2,3)4)12-7-6-10(22(26)27)13(19-12)15(18)23/h6-7,11,14H,5,8-9H2,1-4H3,(H2,18,23)(H,24,25). The third kappa shape index (κ3) is 3.93. The van der Waals surface area contributed by atoms with Crippen molar-refractivity contribution >= 4 is 23.5 Å². The second kappa shape index (κ2) is 7.37. The Morgan fingerprint density at radius 3 is 2.52 bits per heavy atom. The van der Waals surface area contributed by atoms with Crippen LogP contribution in [-0.2, 0) is 0 Å². The average Bonchev–Trinajstić information content (AvgIpc) is 3.00. The summed E-state index contributed by atoms with van der Waals surface area (Å²) < 4.78 is 0. The number of nitro groups is 1. The number of hydrogen-bond donors (Lipinski definition) is 2. The van der Waals surface area contributed by atoms with Crippen molar-refractivity contribution < 1.29 is 19.6 Å². The van der Waals surface area contributed by atoms with Crippen molar-refractivity contribution in [1.29, 1.82) is 0 Å². The number of primary amides is 1. The minimum Gasteiger partial charge on any atom is -0.465 e. The molecule has 2 atom stereocenters. The number of carbonyl (C=O) groups excluding carboxylic acids is 1. The molecule has 1 aromatic heterocycles. The number of amides is 2. The monoisotopic (exact) mass is 379 g/mol. The minimum absolute atomic E-state index is 0.180. The number of pyridine rings is 1. The third-order valence-electron chi connectivity index (χ3n) is 4.82. The van der Waals surface area contributed by atoms with Crippen molar-refractivity contribution in [1.82, 2.24) is 9.88 Å². The van der Waals surface area contributed by atoms with Crippen LogP contribution >= 0.6 is 0 Å². The van der Waals surface area contributed by atoms with Crippen LogP contribution in [0.15, 0.2) is 12.1 Å². The quantitative estimate of drug-likeness (QED) is 0.589. The van der Waals surface area contributed by atoms with Gasteiger partial charge in [-0.2, -0.15) is 0 Å². The van der Waals surface area contributed by atoms with Crippen molar-refractivity contribution in [2.24, 2.45) is 11.1 Å². The second-order valence-corrected chi connectivity index (χ2v) is 7.59. The highest BCUT2D eigenvalue weighted by atomic mass is 16.6. The van der Waals surface area contributed by atoms with E-state index >= 15 is 0 Å². The van der Waals surface area contributed by atoms with Gasteiger partial charge in [-0.25, -0.2) is 9.78 Å². The van der Waals surface area contributed by atoms with Crippen molar-refractivity contribution in [3.8, 4) is 0 Å². The molecule has 1 fully saturated rings. The number of anilines is 1. The fourth-order valence-corrected chi connectivity index (χ4v) is 3.86. The number of hydrogen-bond acceptors (Lipinski definition) is 6. The van der Waals surface area contributed by atoms with Gasteiger partial charge in [-0.1, -0.05) is 20.8 Å². The summed E-state index contributed by atoms with van der Waals surface area (Å²) in [6.07, 6.45) is -0.393. The van der Waals surface area contributed by atoms with Gasteiger partial charge in [0.2, 0.25) is 5.69 Å². The molecular weight excluding hydrogens is 354 g/mol. The Kier molecular flexibility index (Phi) is 5.57. The van der Waals surface area contributed by atoms with Crippen molar-refractivity contribution in [3.63, 3.8) is 0 Å². The molecule has 2 heterocycles. The lowest BCUT2D eigenvalue weighted by Crippen LogP contribution is -2.53. The molecule has 148 valence electrons. The van der Waals surface area contributed by atoms with Gasteiger partial charge in [-0.05, 0) is 24.8 Å². The van der Waals surface area contributed by atoms with Crippen LogP contribution in [0.3, 0.4) is 0 Å². The maximum absolute atomic E-state index is 11.7. The van der Waals surface area contributed by atoms with E-state index in [-0.39, 0.29) is 17.5 Å². The molecule has 0 aromatic carbocycles. The van der Waals surface area contributed by atoms with E-state index in [2.05, 4.69) is 4.98 Å². The Balaban J connectivity index is 2.50. The van der Waals surface area contributed by atoms with Crippen LogP contribution in [-0.4, -0.2) is 57.1 Å². The zero-order valence-corrected chi connectivity index (χ0v) is 15.9. The van der Waals surface area contributed by atoms with Gasteiger partial charge in [0.1, 0.15) is 5.82 Å². The number of carbonyl (C=O) groups is 2. The number of aromatic nitrogens is 1. The largest absolute Gasteiger partial charge is 0.465 e. The van der Waals surface area contributed by atoms with Crippen molar-refractivity contribution in [2.45, 2.75) is 46.2 Å². The molecule has 1 aliphatic rings. The van der Waals surface area contributed by atoms with E-state index in [9.17, 15) is 24.8 Å². The summed E-state index contributed by atoms with van der Waals surface area (Å²) in [6.45, 7) is 8.67. The van der Waals surface area contributed by atoms with Crippen molar-refractivity contribution in [3.05, 3.63) is 27.9 Å². The topological polar surface area (TPSA) is 143 Å². The lowest BCUT2D eigenvalue weighted by Gasteiger charge is -2.41. The van der Waals surface area contributed by atoms with Crippen LogP contribution in [0.25, 0.3) is 0 Å². The molecule has 1 saturated heterocycles. The highest BCUT2D eigenvalue weighted by Crippen LogP contribution is 2.37. The van der Waals surface area contributed by atoms with Gasteiger partial charge in [-0.15, -0.1) is 0 Å². The minimum atomic E-state index is -0.983. The van der Waals surface area contributed by atoms with Crippen LogP contribution < -0.4 is 10.6 Å². The zero-order valence-electron chi connectivity index (χ0n) is 15.9. The van der Waals surface area contributed by atoms with E-state index in [0.717, 1.165) is 0 Å². The third-order valence-corrected chi connectivity index (χ3v) is 4.82. The smallest absolute Gasteiger partial charge is 0.407 e. The molecule has 1 aliphatic heterocycles. The summed E-state index contributed by atoms with van der Waals surface area (Å²) in [5, 5.41) is 20.7. The van der Waals surface area contributed by atoms with E-state index in [1.807, 2.05) is 32.6 Å². The molecular formula is C17H25N5O5. The van der Waals surface area contributed by atoms with E-state index in [4.69, 9.17) is 5.73 Å². The molecule has 10 heteroatoms. The number of likely N-dealkylation sites (tertiary alicyclic amines) is 1. The summed E-state index contributed by atoms with van der Waals surface area (Å²) in [4.78, 5) is 41.1. The number of carboxylic acid groups (broad SMARTS) is 1. The van der Waals surface area contributed by atoms with Crippen LogP contribution in [0.2, 0.25) is 0 Å². The molecule has 10 nitrogen and oxygen atoms in total. The fraction of sp³-hybridized carbons (Fsp3) is 0.588. The van der Waals surface area contributed by atoms with Gasteiger partial charge < -0.3 is 20.6 Å². The lowest BCUT2D eigenvalue weighted by atomic mass is 9.82. The summed E-state index contributed by atoms with van der Waals surface area (Å²) in [7, 11) is 0. The average molecular weight is 379 g/mol. The van der Waals surface area contributed by atoms with Gasteiger partial charge in [0.15, 0.2) is 0 Å². The predicted molar refractivity (Wildman–Crippen MR) is 98.8 cm³/mol. The second-order valence-electron chi connectivity index (χ2n) is 7.59. The molecule has 27 heavy (non-hydrogen) atoms. The molecule has 2 rings (SSSR count). The first-order chi connectivity index (χ1) is 12.5. The lowest BCUT2D eigenvalue weighted by molar-refractivity contribution is -0.385. The normalized spacial score (nSPS) is 19.8. The SMILES string of the molecule is CCN(c1ccc([N+](=O)[O-])c(C(N)=O)n1)C1CCN(C(=O)O)C1C(C)(C)C. The van der Waals surface area contributed by atoms with E-state index in [1.54, 1.807) is 0 Å². The van der Waals surface area contributed by atoms with Gasteiger partial charge in [0.25, 0.3) is 5.91 Å². The Morgan fingerprint density at radius 2 is 2.07 bits per heavy atom. The molecule has 1 aromatic rings. The highest BCUT2D eigenvalue weighted by molar-refractivity contribution is 5.95. The summed E-state index contributed by atoms with van der Waals surface area (Å²) in [5.74, 6) is -0.617. The predicted octanol–water partition coefficient (Wildman–Crippen LogP) is 2.08. The maximum Gasteiger partial charge on any atom is 0.407 e. The first-order valence-corrected chi connectivity index (χ1v) is 8.70. The van der Waals surface area contributed by atoms with Gasteiger partial charge in [0, 0.05) is 19.2 Å². The number of likely N-dealkylation sites (N-methyl/N-ethyl adjacent to an activating group) is 1. The number of rotatable bonds is 5. The van der Waals surface area contributed by atoms with Crippen LogP contribution in [0.5, 0.6) is 0 Å². The van der Waals surface area contributed by atoms with Gasteiger partial charge in [0.05, 0.1) is 17.0 Å². The van der Waals surface area contributed by atoms with Gasteiger partial charge >= 0.3 is 11.8 Å². The summed E-state index contributed by atoms with van der Waals surface area (Å²) in [5.41, 5.74) is 4.07. The molecule has 0 aliphatic carbocycles. The van der Waals surface area contributed by atoms with E-state index < -0.39 is 28.3 Å². The molecule has 0 radical (unpaired) electrons. The summed E-state index contributed by atoms with van der Waals surface area (Å²) in [6, 6.07) is 2.20. The molecule has 0 spiro atoms. The molecule has 2 amide bonds. The molecule has 2 unspecified atom stereocenters. The maximum atomic E-state index is 11.7. The first kappa shape index (κ1) is 20.4. The molecule has 0 saturated carbocycles. The highest BCUT2D eigenvalue weighted by Gasteiger charge is 2.46. The van der Waals surface area contributed by atoms with E-state index in [0.29, 0.717) is 25.3 Å². The van der Waals surface area contributed by atoms with Crippen LogP contribution in [0.4, 0.5) is 16.3 Å². The Morgan fingerprint density at radius 1 is 1.44 bits per heavy atom. The van der Waals surface area contributed by atoms with Gasteiger partial charge in [-0.3, -0.25) is 14.9 Å². The van der Waals surface area contributed by atoms with E-state index in [1.165, 1.54) is 17.0 Å². The zero-order chi connectivity index (χ0) is 20.5. The first-order valence-electron chi connectivity index (χ1n) is 8.70. The Bertz CT molecular complexity index is 761. The fourth-order valence-electron chi connectivity index (χ4n) is 3.86. The molecule has 0 bridgehead atoms. The summed E-state index contributed by atoms with van der Waals surface area (Å²) >= 11 is 0. The van der Waals surface area contributed by atoms with Crippen LogP contribution in [0.1, 0.15) is 44.6 Å².